The highest BCUT2D eigenvalue weighted by Gasteiger charge is 2.32. The maximum Gasteiger partial charge on any atom is 0.262 e. The third kappa shape index (κ3) is 2.43. The lowest BCUT2D eigenvalue weighted by atomic mass is 10.1. The number of hydrogen-bond donors (Lipinski definition) is 0. The first-order chi connectivity index (χ1) is 12.1. The van der Waals surface area contributed by atoms with Gasteiger partial charge in [-0.2, -0.15) is 5.10 Å². The first-order valence-corrected chi connectivity index (χ1v) is 8.29. The van der Waals surface area contributed by atoms with Gasteiger partial charge in [0.15, 0.2) is 0 Å². The fraction of sp³-hybridized carbons (Fsp3) is 0.200. The molecule has 0 spiro atoms. The Morgan fingerprint density at radius 3 is 2.56 bits per heavy atom. The summed E-state index contributed by atoms with van der Waals surface area (Å²) in [6, 6.07) is 14.4. The smallest absolute Gasteiger partial charge is 0.262 e. The van der Waals surface area contributed by atoms with E-state index in [9.17, 15) is 9.18 Å². The van der Waals surface area contributed by atoms with E-state index in [0.717, 1.165) is 12.1 Å². The molecule has 126 valence electrons. The Bertz CT molecular complexity index is 963. The van der Waals surface area contributed by atoms with E-state index in [0.29, 0.717) is 16.9 Å². The van der Waals surface area contributed by atoms with Crippen LogP contribution in [0.5, 0.6) is 0 Å². The van der Waals surface area contributed by atoms with Crippen molar-refractivity contribution in [3.8, 4) is 5.69 Å². The molecule has 3 aromatic rings. The van der Waals surface area contributed by atoms with Gasteiger partial charge in [0.2, 0.25) is 0 Å². The van der Waals surface area contributed by atoms with Crippen molar-refractivity contribution in [2.75, 3.05) is 4.90 Å². The maximum atomic E-state index is 14.1. The summed E-state index contributed by atoms with van der Waals surface area (Å²) >= 11 is 0. The highest BCUT2D eigenvalue weighted by Crippen LogP contribution is 2.33. The van der Waals surface area contributed by atoms with Gasteiger partial charge < -0.3 is 4.90 Å². The van der Waals surface area contributed by atoms with E-state index in [4.69, 9.17) is 0 Å². The van der Waals surface area contributed by atoms with Crippen molar-refractivity contribution < 1.29 is 9.18 Å². The number of anilines is 1. The zero-order chi connectivity index (χ0) is 17.6. The predicted octanol–water partition coefficient (Wildman–Crippen LogP) is 3.91. The van der Waals surface area contributed by atoms with Crippen LogP contribution in [-0.4, -0.2) is 21.7 Å². The highest BCUT2D eigenvalue weighted by atomic mass is 19.1. The van der Waals surface area contributed by atoms with Crippen LogP contribution in [0.1, 0.15) is 28.5 Å². The van der Waals surface area contributed by atoms with E-state index in [1.165, 1.54) is 22.5 Å². The number of benzene rings is 2. The van der Waals surface area contributed by atoms with Gasteiger partial charge in [0.1, 0.15) is 11.5 Å². The van der Waals surface area contributed by atoms with Crippen molar-refractivity contribution in [3.63, 3.8) is 0 Å². The van der Waals surface area contributed by atoms with Crippen LogP contribution in [0.4, 0.5) is 10.1 Å². The summed E-state index contributed by atoms with van der Waals surface area (Å²) < 4.78 is 15.6. The Morgan fingerprint density at radius 2 is 1.80 bits per heavy atom. The molecule has 0 radical (unpaired) electrons. The number of halogens is 1. The molecule has 1 aromatic heterocycles. The van der Waals surface area contributed by atoms with Gasteiger partial charge in [-0.05, 0) is 44.0 Å². The molecule has 1 aliphatic rings. The Hall–Kier alpha value is -2.95. The second kappa shape index (κ2) is 5.84. The number of amides is 1. The molecule has 25 heavy (non-hydrogen) atoms. The van der Waals surface area contributed by atoms with Crippen molar-refractivity contribution in [1.82, 2.24) is 9.78 Å². The van der Waals surface area contributed by atoms with E-state index in [-0.39, 0.29) is 17.8 Å². The minimum atomic E-state index is -0.368. The number of para-hydroxylation sites is 2. The normalized spacial score (nSPS) is 16.1. The van der Waals surface area contributed by atoms with Gasteiger partial charge in [0.05, 0.1) is 17.5 Å². The third-order valence-electron chi connectivity index (χ3n) is 4.75. The fourth-order valence-electron chi connectivity index (χ4n) is 3.49. The number of fused-ring (bicyclic) bond motifs is 1. The van der Waals surface area contributed by atoms with Gasteiger partial charge >= 0.3 is 0 Å². The molecule has 4 nitrogen and oxygen atoms in total. The summed E-state index contributed by atoms with van der Waals surface area (Å²) in [4.78, 5) is 15.0. The van der Waals surface area contributed by atoms with E-state index >= 15 is 0 Å². The van der Waals surface area contributed by atoms with Gasteiger partial charge in [0, 0.05) is 11.7 Å². The second-order valence-corrected chi connectivity index (χ2v) is 6.36. The maximum absolute atomic E-state index is 14.1. The van der Waals surface area contributed by atoms with E-state index in [2.05, 4.69) is 11.2 Å². The number of hydrogen-bond acceptors (Lipinski definition) is 2. The molecule has 1 amide bonds. The molecule has 1 aliphatic heterocycles. The highest BCUT2D eigenvalue weighted by molar-refractivity contribution is 6.08. The van der Waals surface area contributed by atoms with Crippen LogP contribution in [-0.2, 0) is 6.42 Å². The van der Waals surface area contributed by atoms with Crippen molar-refractivity contribution >= 4 is 11.6 Å². The Morgan fingerprint density at radius 1 is 1.12 bits per heavy atom. The number of nitrogens with zero attached hydrogens (tertiary/aromatic N) is 3. The average Bonchev–Trinajstić information content (AvgIpc) is 3.14. The zero-order valence-electron chi connectivity index (χ0n) is 14.1. The topological polar surface area (TPSA) is 38.1 Å². The molecule has 1 atom stereocenters. The monoisotopic (exact) mass is 335 g/mol. The summed E-state index contributed by atoms with van der Waals surface area (Å²) in [7, 11) is 0. The summed E-state index contributed by atoms with van der Waals surface area (Å²) in [6.07, 6.45) is 2.36. The van der Waals surface area contributed by atoms with Gasteiger partial charge in [-0.1, -0.05) is 30.3 Å². The molecule has 5 heteroatoms. The van der Waals surface area contributed by atoms with Crippen LogP contribution in [0, 0.1) is 12.7 Å². The molecule has 2 aromatic carbocycles. The van der Waals surface area contributed by atoms with Crippen LogP contribution in [0.15, 0.2) is 54.7 Å². The Balaban J connectivity index is 1.74. The number of rotatable bonds is 2. The Labute approximate surface area is 145 Å². The van der Waals surface area contributed by atoms with Gasteiger partial charge in [-0.15, -0.1) is 0 Å². The number of aromatic nitrogens is 2. The zero-order valence-corrected chi connectivity index (χ0v) is 14.1. The molecule has 2 heterocycles. The predicted molar refractivity (Wildman–Crippen MR) is 94.7 cm³/mol. The van der Waals surface area contributed by atoms with Crippen molar-refractivity contribution in [2.24, 2.45) is 0 Å². The minimum absolute atomic E-state index is 0.0844. The summed E-state index contributed by atoms with van der Waals surface area (Å²) in [5, 5.41) is 4.25. The summed E-state index contributed by atoms with van der Waals surface area (Å²) in [5.41, 5.74) is 3.58. The lowest BCUT2D eigenvalue weighted by Gasteiger charge is -2.22. The quantitative estimate of drug-likeness (QED) is 0.712. The molecule has 0 bridgehead atoms. The molecule has 4 rings (SSSR count). The Kier molecular flexibility index (Phi) is 3.64. The van der Waals surface area contributed by atoms with E-state index in [1.54, 1.807) is 25.1 Å². The molecule has 0 saturated carbocycles. The molecule has 0 saturated heterocycles. The standard InChI is InChI=1S/C20H18FN3O/c1-13-11-15-7-3-5-9-18(15)23(13)20(25)16-12-22-24(14(16)2)19-10-6-4-8-17(19)21/h3-10,12-13H,11H2,1-2H3. The third-order valence-corrected chi connectivity index (χ3v) is 4.75. The van der Waals surface area contributed by atoms with E-state index < -0.39 is 0 Å². The largest absolute Gasteiger partial charge is 0.305 e. The SMILES string of the molecule is Cc1c(C(=O)N2c3ccccc3CC2C)cnn1-c1ccccc1F. The molecular formula is C20H18FN3O. The minimum Gasteiger partial charge on any atom is -0.305 e. The molecule has 0 aliphatic carbocycles. The van der Waals surface area contributed by atoms with Gasteiger partial charge in [0.25, 0.3) is 5.91 Å². The van der Waals surface area contributed by atoms with Crippen LogP contribution < -0.4 is 4.90 Å². The first-order valence-electron chi connectivity index (χ1n) is 8.29. The van der Waals surface area contributed by atoms with Crippen molar-refractivity contribution in [3.05, 3.63) is 77.4 Å². The first kappa shape index (κ1) is 15.6. The number of carbonyl (C=O) groups is 1. The van der Waals surface area contributed by atoms with Crippen LogP contribution in [0.25, 0.3) is 5.69 Å². The van der Waals surface area contributed by atoms with Crippen LogP contribution in [0.3, 0.4) is 0 Å². The average molecular weight is 335 g/mol. The second-order valence-electron chi connectivity index (χ2n) is 6.36. The van der Waals surface area contributed by atoms with Crippen molar-refractivity contribution in [2.45, 2.75) is 26.3 Å². The lowest BCUT2D eigenvalue weighted by molar-refractivity contribution is 0.0981. The van der Waals surface area contributed by atoms with Crippen LogP contribution in [0.2, 0.25) is 0 Å². The molecule has 1 unspecified atom stereocenters. The van der Waals surface area contributed by atoms with Gasteiger partial charge in [-0.3, -0.25) is 4.79 Å². The van der Waals surface area contributed by atoms with Crippen molar-refractivity contribution in [1.29, 1.82) is 0 Å². The molecule has 0 N–H and O–H groups in total. The number of carbonyl (C=O) groups excluding carboxylic acids is 1. The van der Waals surface area contributed by atoms with E-state index in [1.807, 2.05) is 30.0 Å². The molecule has 0 fully saturated rings. The van der Waals surface area contributed by atoms with Crippen LogP contribution >= 0.6 is 0 Å². The summed E-state index contributed by atoms with van der Waals surface area (Å²) in [6.45, 7) is 3.83. The van der Waals surface area contributed by atoms with Gasteiger partial charge in [-0.25, -0.2) is 9.07 Å². The molecular weight excluding hydrogens is 317 g/mol. The fourth-order valence-corrected chi connectivity index (χ4v) is 3.49. The lowest BCUT2D eigenvalue weighted by Crippen LogP contribution is -2.36. The summed E-state index contributed by atoms with van der Waals surface area (Å²) in [5.74, 6) is -0.467.